The van der Waals surface area contributed by atoms with E-state index in [-0.39, 0.29) is 36.7 Å². The topological polar surface area (TPSA) is 115 Å². The third kappa shape index (κ3) is 11.2. The van der Waals surface area contributed by atoms with Gasteiger partial charge in [0.15, 0.2) is 5.60 Å². The maximum atomic E-state index is 14.7. The van der Waals surface area contributed by atoms with Gasteiger partial charge in [-0.15, -0.1) is 0 Å². The molecule has 54 heavy (non-hydrogen) atoms. The van der Waals surface area contributed by atoms with Crippen molar-refractivity contribution >= 4 is 35.1 Å². The van der Waals surface area contributed by atoms with Crippen molar-refractivity contribution in [2.24, 2.45) is 23.7 Å². The molecule has 1 saturated heterocycles. The first kappa shape index (κ1) is 42.0. The smallest absolute Gasteiger partial charge is 0.410 e. The number of ether oxygens (including phenoxy) is 4. The van der Waals surface area contributed by atoms with Crippen LogP contribution in [0.2, 0.25) is 0 Å². The van der Waals surface area contributed by atoms with Crippen LogP contribution >= 0.6 is 0 Å². The van der Waals surface area contributed by atoms with E-state index in [9.17, 15) is 19.2 Å². The Bertz CT molecular complexity index is 1450. The molecule has 2 heterocycles. The molecule has 2 aliphatic heterocycles. The fraction of sp³-hybridized carbons (Fsp3) is 0.767. The average Bonchev–Trinajstić information content (AvgIpc) is 3.97. The van der Waals surface area contributed by atoms with Crippen molar-refractivity contribution in [3.05, 3.63) is 18.2 Å². The third-order valence-electron chi connectivity index (χ3n) is 11.4. The van der Waals surface area contributed by atoms with Gasteiger partial charge in [0.05, 0.1) is 11.6 Å². The van der Waals surface area contributed by atoms with Gasteiger partial charge in [0.25, 0.3) is 5.91 Å². The number of methoxy groups -OCH3 is 1. The molecule has 3 atom stereocenters. The van der Waals surface area contributed by atoms with E-state index in [1.54, 1.807) is 30.8 Å². The molecule has 0 spiro atoms. The highest BCUT2D eigenvalue weighted by molar-refractivity contribution is 6.04. The van der Waals surface area contributed by atoms with Crippen LogP contribution in [0, 0.1) is 23.7 Å². The second-order valence-corrected chi connectivity index (χ2v) is 17.6. The van der Waals surface area contributed by atoms with Crippen molar-refractivity contribution in [1.29, 1.82) is 0 Å². The van der Waals surface area contributed by atoms with E-state index in [0.717, 1.165) is 44.6 Å². The second-order valence-electron chi connectivity index (χ2n) is 17.6. The van der Waals surface area contributed by atoms with Crippen LogP contribution in [0.5, 0.6) is 5.75 Å². The SMILES string of the molecule is CCOC[C@H](CCCC(=O)[C@H]1C[C@@H](C(=O)N(c2ccc3c(c2)N(CCCOC)C(=O)C(C)(C)O3)C2CC2)CN(C(=O)OC(C)(C)C)C1)CC1CCCCC1. The number of piperidine rings is 1. The van der Waals surface area contributed by atoms with Crippen LogP contribution in [0.1, 0.15) is 125 Å². The molecular formula is C43H67N3O8. The van der Waals surface area contributed by atoms with Crippen LogP contribution in [-0.2, 0) is 28.6 Å². The second kappa shape index (κ2) is 18.6. The van der Waals surface area contributed by atoms with Gasteiger partial charge < -0.3 is 33.6 Å². The molecule has 2 aliphatic carbocycles. The van der Waals surface area contributed by atoms with Crippen LogP contribution in [0.3, 0.4) is 0 Å². The number of hydrogen-bond acceptors (Lipinski definition) is 8. The summed E-state index contributed by atoms with van der Waals surface area (Å²) in [6, 6.07) is 5.62. The molecule has 4 aliphatic rings. The van der Waals surface area contributed by atoms with Crippen molar-refractivity contribution in [2.75, 3.05) is 56.4 Å². The Hall–Kier alpha value is -3.18. The summed E-state index contributed by atoms with van der Waals surface area (Å²) in [5.41, 5.74) is -0.426. The minimum atomic E-state index is -1.03. The molecule has 3 amide bonds. The number of anilines is 2. The normalized spacial score (nSPS) is 22.3. The molecule has 1 aromatic carbocycles. The molecule has 0 N–H and O–H groups in total. The van der Waals surface area contributed by atoms with E-state index < -0.39 is 29.1 Å². The lowest BCUT2D eigenvalue weighted by Gasteiger charge is -2.40. The number of Topliss-reactive ketones (excluding diaryl/α,β-unsaturated/α-hetero) is 1. The Morgan fingerprint density at radius 2 is 1.74 bits per heavy atom. The lowest BCUT2D eigenvalue weighted by molar-refractivity contribution is -0.132. The van der Waals surface area contributed by atoms with Gasteiger partial charge in [-0.05, 0) is 117 Å². The first-order valence-corrected chi connectivity index (χ1v) is 20.8. The minimum Gasteiger partial charge on any atom is -0.476 e. The molecule has 0 unspecified atom stereocenters. The maximum Gasteiger partial charge on any atom is 0.410 e. The summed E-state index contributed by atoms with van der Waals surface area (Å²) in [5.74, 6) is 0.578. The largest absolute Gasteiger partial charge is 0.476 e. The lowest BCUT2D eigenvalue weighted by atomic mass is 9.80. The summed E-state index contributed by atoms with van der Waals surface area (Å²) in [7, 11) is 1.64. The van der Waals surface area contributed by atoms with Gasteiger partial charge in [-0.25, -0.2) is 4.79 Å². The fourth-order valence-corrected chi connectivity index (χ4v) is 8.55. The molecule has 0 radical (unpaired) electrons. The lowest BCUT2D eigenvalue weighted by Crippen LogP contribution is -2.53. The summed E-state index contributed by atoms with van der Waals surface area (Å²) in [6.45, 7) is 13.9. The molecule has 3 fully saturated rings. The van der Waals surface area contributed by atoms with E-state index in [1.807, 2.05) is 50.8 Å². The van der Waals surface area contributed by atoms with Crippen LogP contribution in [0.25, 0.3) is 0 Å². The molecule has 0 aromatic heterocycles. The van der Waals surface area contributed by atoms with E-state index in [0.29, 0.717) is 62.1 Å². The number of amides is 3. The summed E-state index contributed by atoms with van der Waals surface area (Å²) in [5, 5.41) is 0. The first-order valence-electron chi connectivity index (χ1n) is 20.8. The zero-order chi connectivity index (χ0) is 39.0. The molecule has 0 bridgehead atoms. The maximum absolute atomic E-state index is 14.7. The Morgan fingerprint density at radius 3 is 2.41 bits per heavy atom. The molecule has 2 saturated carbocycles. The summed E-state index contributed by atoms with van der Waals surface area (Å²) < 4.78 is 23.1. The molecule has 11 heteroatoms. The Labute approximate surface area is 323 Å². The third-order valence-corrected chi connectivity index (χ3v) is 11.4. The molecule has 5 rings (SSSR count). The monoisotopic (exact) mass is 753 g/mol. The molecule has 11 nitrogen and oxygen atoms in total. The van der Waals surface area contributed by atoms with Crippen LogP contribution in [0.4, 0.5) is 16.2 Å². The fourth-order valence-electron chi connectivity index (χ4n) is 8.55. The standard InChI is InChI=1S/C43H67N3O8/c1-8-52-29-31(24-30-14-10-9-11-15-30)16-12-17-37(47)32-25-33(28-44(27-32)41(50)54-42(2,3)4)39(48)46(34-18-19-34)35-20-21-38-36(26-35)45(22-13-23-51-7)40(49)43(5,6)53-38/h20-21,26,30-34H,8-19,22-25,27-29H2,1-7H3/t31-,32+,33-/m1/s1. The number of nitrogens with zero attached hydrogens (tertiary/aromatic N) is 3. The van der Waals surface area contributed by atoms with Crippen molar-refractivity contribution in [3.8, 4) is 5.75 Å². The van der Waals surface area contributed by atoms with Crippen molar-refractivity contribution in [3.63, 3.8) is 0 Å². The highest BCUT2D eigenvalue weighted by atomic mass is 16.6. The van der Waals surface area contributed by atoms with Crippen LogP contribution < -0.4 is 14.5 Å². The van der Waals surface area contributed by atoms with Gasteiger partial charge in [0.2, 0.25) is 5.91 Å². The summed E-state index contributed by atoms with van der Waals surface area (Å²) >= 11 is 0. The minimum absolute atomic E-state index is 0.00614. The number of hydrogen-bond donors (Lipinski definition) is 0. The molecule has 1 aromatic rings. The zero-order valence-corrected chi connectivity index (χ0v) is 34.2. The predicted octanol–water partition coefficient (Wildman–Crippen LogP) is 7.96. The van der Waals surface area contributed by atoms with Crippen molar-refractivity contribution in [2.45, 2.75) is 142 Å². The Balaban J connectivity index is 1.33. The molecular weight excluding hydrogens is 686 g/mol. The highest BCUT2D eigenvalue weighted by Gasteiger charge is 2.45. The van der Waals surface area contributed by atoms with E-state index in [4.69, 9.17) is 18.9 Å². The number of carbonyl (C=O) groups is 4. The van der Waals surface area contributed by atoms with Crippen molar-refractivity contribution < 1.29 is 38.1 Å². The summed E-state index contributed by atoms with van der Waals surface area (Å²) in [6.07, 6.45) is 12.1. The van der Waals surface area contributed by atoms with E-state index in [1.165, 1.54) is 32.1 Å². The van der Waals surface area contributed by atoms with Gasteiger partial charge in [0.1, 0.15) is 17.1 Å². The van der Waals surface area contributed by atoms with E-state index >= 15 is 0 Å². The van der Waals surface area contributed by atoms with Crippen molar-refractivity contribution in [1.82, 2.24) is 4.90 Å². The number of ketones is 1. The number of benzene rings is 1. The Kier molecular flexibility index (Phi) is 14.5. The summed E-state index contributed by atoms with van der Waals surface area (Å²) in [4.78, 5) is 60.9. The van der Waals surface area contributed by atoms with Gasteiger partial charge in [-0.3, -0.25) is 14.4 Å². The van der Waals surface area contributed by atoms with Gasteiger partial charge in [-0.2, -0.15) is 0 Å². The number of carbonyl (C=O) groups excluding carboxylic acids is 4. The van der Waals surface area contributed by atoms with Crippen LogP contribution in [0.15, 0.2) is 18.2 Å². The van der Waals surface area contributed by atoms with Gasteiger partial charge >= 0.3 is 6.09 Å². The van der Waals surface area contributed by atoms with E-state index in [2.05, 4.69) is 0 Å². The zero-order valence-electron chi connectivity index (χ0n) is 34.2. The van der Waals surface area contributed by atoms with Crippen LogP contribution in [-0.4, -0.2) is 92.4 Å². The van der Waals surface area contributed by atoms with Gasteiger partial charge in [-0.1, -0.05) is 32.1 Å². The van der Waals surface area contributed by atoms with Gasteiger partial charge in [0, 0.05) is 70.6 Å². The number of rotatable bonds is 17. The highest BCUT2D eigenvalue weighted by Crippen LogP contribution is 2.43. The number of fused-ring (bicyclic) bond motifs is 1. The number of likely N-dealkylation sites (tertiary alicyclic amines) is 1. The Morgan fingerprint density at radius 1 is 1.02 bits per heavy atom. The quantitative estimate of drug-likeness (QED) is 0.147. The predicted molar refractivity (Wildman–Crippen MR) is 210 cm³/mol. The first-order chi connectivity index (χ1) is 25.7. The average molecular weight is 754 g/mol. The molecule has 302 valence electrons.